The van der Waals surface area contributed by atoms with Gasteiger partial charge in [0.1, 0.15) is 0 Å². The van der Waals surface area contributed by atoms with E-state index >= 15 is 0 Å². The predicted molar refractivity (Wildman–Crippen MR) is 149 cm³/mol. The first-order chi connectivity index (χ1) is 16.9. The minimum Gasteiger partial charge on any atom is -0.374 e. The summed E-state index contributed by atoms with van der Waals surface area (Å²) in [6.07, 6.45) is 3.17. The summed E-state index contributed by atoms with van der Waals surface area (Å²) in [5.74, 6) is 0. The zero-order valence-electron chi connectivity index (χ0n) is 24.4. The Morgan fingerprint density at radius 3 is 0.971 bits per heavy atom. The molecule has 0 aliphatic rings. The van der Waals surface area contributed by atoms with Gasteiger partial charge in [0.2, 0.25) is 0 Å². The van der Waals surface area contributed by atoms with Crippen LogP contribution in [0.25, 0.3) is 0 Å². The van der Waals surface area contributed by atoms with Crippen molar-refractivity contribution < 1.29 is 26.6 Å². The van der Waals surface area contributed by atoms with E-state index in [1.807, 2.05) is 41.5 Å². The van der Waals surface area contributed by atoms with Crippen LogP contribution in [0.1, 0.15) is 74.7 Å². The van der Waals surface area contributed by atoms with Gasteiger partial charge in [-0.3, -0.25) is 0 Å². The van der Waals surface area contributed by atoms with E-state index in [2.05, 4.69) is 23.6 Å². The van der Waals surface area contributed by atoms with Gasteiger partial charge >= 0.3 is 17.6 Å². The molecule has 0 saturated carbocycles. The van der Waals surface area contributed by atoms with Crippen LogP contribution in [0.2, 0.25) is 12.1 Å². The zero-order chi connectivity index (χ0) is 26.4. The molecule has 212 valence electrons. The van der Waals surface area contributed by atoms with Crippen LogP contribution in [0.3, 0.4) is 0 Å². The Balaban J connectivity index is 5.13. The van der Waals surface area contributed by atoms with Crippen LogP contribution in [0.4, 0.5) is 0 Å². The summed E-state index contributed by atoms with van der Waals surface area (Å²) in [5.41, 5.74) is 0. The maximum Gasteiger partial charge on any atom is 0.500 e. The topological polar surface area (TPSA) is 61.9 Å². The molecule has 0 unspecified atom stereocenters. The third-order valence-corrected chi connectivity index (χ3v) is 12.2. The van der Waals surface area contributed by atoms with Crippen molar-refractivity contribution in [3.05, 3.63) is 0 Å². The average Bonchev–Trinajstić information content (AvgIpc) is 2.82. The van der Waals surface area contributed by atoms with Gasteiger partial charge in [-0.1, -0.05) is 13.8 Å². The molecule has 0 spiro atoms. The average molecular weight is 539 g/mol. The maximum absolute atomic E-state index is 6.07. The van der Waals surface area contributed by atoms with Crippen LogP contribution in [0, 0.1) is 0 Å². The lowest BCUT2D eigenvalue weighted by Crippen LogP contribution is -2.47. The molecule has 0 amide bonds. The third kappa shape index (κ3) is 15.2. The normalized spacial score (nSPS) is 12.9. The molecule has 0 aliphatic carbocycles. The fourth-order valence-electron chi connectivity index (χ4n) is 4.43. The molecule has 10 heteroatoms. The standard InChI is InChI=1S/C25H58N2O6Si2/c1-9-26(10-2)20-17-21-27(22-18-24-34(28-11-3,29-12-4)30-13-5)23-19-25-35(31-14-6,32-15-7)33-16-8/h9-25H2,1-8H3. The molecule has 0 rings (SSSR count). The summed E-state index contributed by atoms with van der Waals surface area (Å²) >= 11 is 0. The second kappa shape index (κ2) is 22.1. The first-order valence-electron chi connectivity index (χ1n) is 14.2. The largest absolute Gasteiger partial charge is 0.500 e. The quantitative estimate of drug-likeness (QED) is 0.144. The molecule has 0 bridgehead atoms. The Labute approximate surface area is 219 Å². The summed E-state index contributed by atoms with van der Waals surface area (Å²) in [7, 11) is -5.21. The maximum atomic E-state index is 6.07. The molecule has 0 aromatic carbocycles. The van der Waals surface area contributed by atoms with E-state index in [-0.39, 0.29) is 0 Å². The molecular formula is C25H58N2O6Si2. The van der Waals surface area contributed by atoms with Gasteiger partial charge in [0.25, 0.3) is 0 Å². The summed E-state index contributed by atoms with van der Waals surface area (Å²) in [4.78, 5) is 5.07. The number of hydrogen-bond acceptors (Lipinski definition) is 8. The second-order valence-corrected chi connectivity index (χ2v) is 13.9. The van der Waals surface area contributed by atoms with Crippen molar-refractivity contribution in [1.82, 2.24) is 9.80 Å². The van der Waals surface area contributed by atoms with E-state index in [1.165, 1.54) is 0 Å². The monoisotopic (exact) mass is 538 g/mol. The van der Waals surface area contributed by atoms with Gasteiger partial charge in [-0.05, 0) is 100 Å². The van der Waals surface area contributed by atoms with Gasteiger partial charge in [0.15, 0.2) is 0 Å². The molecule has 0 saturated heterocycles. The molecule has 8 nitrogen and oxygen atoms in total. The van der Waals surface area contributed by atoms with Crippen LogP contribution in [0.5, 0.6) is 0 Å². The molecule has 0 heterocycles. The second-order valence-electron chi connectivity index (χ2n) is 8.39. The van der Waals surface area contributed by atoms with Crippen molar-refractivity contribution in [2.24, 2.45) is 0 Å². The summed E-state index contributed by atoms with van der Waals surface area (Å²) in [6, 6.07) is 1.70. The Kier molecular flexibility index (Phi) is 22.2. The van der Waals surface area contributed by atoms with Crippen LogP contribution in [-0.2, 0) is 26.6 Å². The number of rotatable bonds is 26. The van der Waals surface area contributed by atoms with Crippen LogP contribution < -0.4 is 0 Å². The van der Waals surface area contributed by atoms with Crippen molar-refractivity contribution in [1.29, 1.82) is 0 Å². The lowest BCUT2D eigenvalue weighted by atomic mass is 10.3. The third-order valence-electron chi connectivity index (χ3n) is 5.94. The highest BCUT2D eigenvalue weighted by Crippen LogP contribution is 2.21. The lowest BCUT2D eigenvalue weighted by molar-refractivity contribution is 0.0692. The van der Waals surface area contributed by atoms with Crippen LogP contribution in [-0.4, -0.2) is 106 Å². The molecule has 0 aromatic rings. The van der Waals surface area contributed by atoms with Crippen molar-refractivity contribution >= 4 is 17.6 Å². The van der Waals surface area contributed by atoms with Crippen LogP contribution in [0.15, 0.2) is 0 Å². The van der Waals surface area contributed by atoms with Gasteiger partial charge in [0.05, 0.1) is 0 Å². The van der Waals surface area contributed by atoms with Crippen molar-refractivity contribution in [2.45, 2.75) is 86.7 Å². The van der Waals surface area contributed by atoms with E-state index < -0.39 is 17.6 Å². The molecule has 0 fully saturated rings. The Morgan fingerprint density at radius 2 is 0.686 bits per heavy atom. The molecular weight excluding hydrogens is 480 g/mol. The van der Waals surface area contributed by atoms with Gasteiger partial charge in [-0.2, -0.15) is 0 Å². The van der Waals surface area contributed by atoms with E-state index in [4.69, 9.17) is 26.6 Å². The molecule has 0 radical (unpaired) electrons. The van der Waals surface area contributed by atoms with E-state index in [0.717, 1.165) is 70.6 Å². The van der Waals surface area contributed by atoms with E-state index in [9.17, 15) is 0 Å². The lowest BCUT2D eigenvalue weighted by Gasteiger charge is -2.31. The Morgan fingerprint density at radius 1 is 0.400 bits per heavy atom. The van der Waals surface area contributed by atoms with Gasteiger partial charge in [-0.25, -0.2) is 0 Å². The highest BCUT2D eigenvalue weighted by atomic mass is 28.4. The summed E-state index contributed by atoms with van der Waals surface area (Å²) in [5, 5.41) is 0. The molecule has 0 N–H and O–H groups in total. The fourth-order valence-corrected chi connectivity index (χ4v) is 9.62. The van der Waals surface area contributed by atoms with Gasteiger partial charge in [-0.15, -0.1) is 0 Å². The molecule has 35 heavy (non-hydrogen) atoms. The summed E-state index contributed by atoms with van der Waals surface area (Å²) in [6.45, 7) is 26.8. The first-order valence-corrected chi connectivity index (χ1v) is 18.1. The predicted octanol–water partition coefficient (Wildman–Crippen LogP) is 4.90. The smallest absolute Gasteiger partial charge is 0.374 e. The SMILES string of the molecule is CCO[Si](CCCN(CCCN(CC)CC)CCC[Si](OCC)(OCC)OCC)(OCC)OCC. The Bertz CT molecular complexity index is 409. The first kappa shape index (κ1) is 35.1. The van der Waals surface area contributed by atoms with Gasteiger partial charge < -0.3 is 36.4 Å². The van der Waals surface area contributed by atoms with Crippen molar-refractivity contribution in [3.63, 3.8) is 0 Å². The molecule has 0 aliphatic heterocycles. The minimum absolute atomic E-state index is 0.624. The van der Waals surface area contributed by atoms with E-state index in [0.29, 0.717) is 39.6 Å². The highest BCUT2D eigenvalue weighted by molar-refractivity contribution is 6.61. The number of nitrogens with zero attached hydrogens (tertiary/aromatic N) is 2. The van der Waals surface area contributed by atoms with Gasteiger partial charge in [0, 0.05) is 51.7 Å². The van der Waals surface area contributed by atoms with Crippen molar-refractivity contribution in [3.8, 4) is 0 Å². The minimum atomic E-state index is -2.60. The highest BCUT2D eigenvalue weighted by Gasteiger charge is 2.41. The van der Waals surface area contributed by atoms with Crippen molar-refractivity contribution in [2.75, 3.05) is 78.9 Å². The Hall–Kier alpha value is 0.114. The van der Waals surface area contributed by atoms with E-state index in [1.54, 1.807) is 0 Å². The zero-order valence-corrected chi connectivity index (χ0v) is 26.4. The number of hydrogen-bond donors (Lipinski definition) is 0. The molecule has 0 aromatic heterocycles. The summed E-state index contributed by atoms with van der Waals surface area (Å²) < 4.78 is 36.4. The molecule has 0 atom stereocenters. The van der Waals surface area contributed by atoms with Crippen LogP contribution >= 0.6 is 0 Å². The fraction of sp³-hybridized carbons (Fsp3) is 1.00.